The summed E-state index contributed by atoms with van der Waals surface area (Å²) in [5.74, 6) is -18.3. The highest BCUT2D eigenvalue weighted by Crippen LogP contribution is 2.44. The third-order valence-corrected chi connectivity index (χ3v) is 2.08. The van der Waals surface area contributed by atoms with E-state index in [2.05, 4.69) is 0 Å². The summed E-state index contributed by atoms with van der Waals surface area (Å²) in [6, 6.07) is 0. The lowest BCUT2D eigenvalue weighted by atomic mass is 9.91. The van der Waals surface area contributed by atoms with Crippen molar-refractivity contribution in [3.05, 3.63) is 0 Å². The summed E-state index contributed by atoms with van der Waals surface area (Å²) in [4.78, 5) is 21.4. The van der Waals surface area contributed by atoms with E-state index < -0.39 is 48.1 Å². The Hall–Kier alpha value is -1.50. The second-order valence-electron chi connectivity index (χ2n) is 3.76. The average molecular weight is 358 g/mol. The molecular formula is C8H2F12O2. The highest BCUT2D eigenvalue weighted by atomic mass is 19.4. The second-order valence-corrected chi connectivity index (χ2v) is 3.76. The van der Waals surface area contributed by atoms with Gasteiger partial charge in [-0.3, -0.25) is 9.59 Å². The lowest BCUT2D eigenvalue weighted by molar-refractivity contribution is -0.283. The smallest absolute Gasteiger partial charge is 0.290 e. The number of ketones is 2. The Kier molecular flexibility index (Phi) is 5.22. The molecule has 0 saturated carbocycles. The molecule has 0 aromatic carbocycles. The molecule has 0 amide bonds. The van der Waals surface area contributed by atoms with Crippen LogP contribution in [-0.2, 0) is 9.59 Å². The van der Waals surface area contributed by atoms with Gasteiger partial charge >= 0.3 is 24.7 Å². The molecule has 0 rings (SSSR count). The standard InChI is InChI=1S/C8H2F12O2/c9-5(10,11)3(6(12,13)14)1(21)2(22)4(7(15,16)17)8(18,19)20/h3-4H. The first-order valence-corrected chi connectivity index (χ1v) is 4.66. The first-order valence-electron chi connectivity index (χ1n) is 4.66. The molecule has 130 valence electrons. The normalized spacial score (nSPS) is 14.6. The van der Waals surface area contributed by atoms with E-state index in [1.807, 2.05) is 0 Å². The summed E-state index contributed by atoms with van der Waals surface area (Å²) in [6.07, 6.45) is -26.4. The van der Waals surface area contributed by atoms with Gasteiger partial charge in [0.15, 0.2) is 0 Å². The van der Waals surface area contributed by atoms with Crippen molar-refractivity contribution in [2.24, 2.45) is 11.8 Å². The molecule has 14 heteroatoms. The third kappa shape index (κ3) is 4.76. The van der Waals surface area contributed by atoms with Crippen LogP contribution in [0.1, 0.15) is 0 Å². The Bertz CT molecular complexity index is 366. The van der Waals surface area contributed by atoms with Gasteiger partial charge in [0.2, 0.25) is 23.4 Å². The molecule has 0 aromatic rings. The highest BCUT2D eigenvalue weighted by molar-refractivity contribution is 6.39. The fourth-order valence-electron chi connectivity index (χ4n) is 1.25. The average Bonchev–Trinajstić information content (AvgIpc) is 2.06. The van der Waals surface area contributed by atoms with E-state index in [9.17, 15) is 62.3 Å². The van der Waals surface area contributed by atoms with Gasteiger partial charge in [0.25, 0.3) is 0 Å². The number of carbonyl (C=O) groups excluding carboxylic acids is 2. The van der Waals surface area contributed by atoms with Crippen molar-refractivity contribution in [2.75, 3.05) is 0 Å². The molecule has 0 radical (unpaired) electrons. The minimum Gasteiger partial charge on any atom is -0.290 e. The molecule has 0 atom stereocenters. The maximum Gasteiger partial charge on any atom is 0.407 e. The molecule has 0 spiro atoms. The van der Waals surface area contributed by atoms with Crippen LogP contribution in [0.2, 0.25) is 0 Å². The van der Waals surface area contributed by atoms with Crippen LogP contribution in [0, 0.1) is 11.8 Å². The molecule has 0 fully saturated rings. The molecule has 0 bridgehead atoms. The van der Waals surface area contributed by atoms with Gasteiger partial charge < -0.3 is 0 Å². The Labute approximate surface area is 112 Å². The van der Waals surface area contributed by atoms with Crippen LogP contribution in [0.25, 0.3) is 0 Å². The van der Waals surface area contributed by atoms with Gasteiger partial charge in [0, 0.05) is 0 Å². The fourth-order valence-corrected chi connectivity index (χ4v) is 1.25. The molecule has 0 N–H and O–H groups in total. The monoisotopic (exact) mass is 358 g/mol. The van der Waals surface area contributed by atoms with Crippen LogP contribution in [0.4, 0.5) is 52.7 Å². The van der Waals surface area contributed by atoms with Gasteiger partial charge in [-0.1, -0.05) is 0 Å². The minimum atomic E-state index is -6.59. The number of alkyl halides is 12. The summed E-state index contributed by atoms with van der Waals surface area (Å²) < 4.78 is 144. The zero-order valence-electron chi connectivity index (χ0n) is 9.51. The van der Waals surface area contributed by atoms with Gasteiger partial charge in [-0.05, 0) is 0 Å². The molecule has 0 unspecified atom stereocenters. The van der Waals surface area contributed by atoms with Crippen molar-refractivity contribution in [1.29, 1.82) is 0 Å². The zero-order chi connectivity index (χ0) is 18.3. The number of halogens is 12. The van der Waals surface area contributed by atoms with E-state index in [0.29, 0.717) is 0 Å². The van der Waals surface area contributed by atoms with Crippen LogP contribution >= 0.6 is 0 Å². The van der Waals surface area contributed by atoms with Gasteiger partial charge in [-0.15, -0.1) is 0 Å². The maximum atomic E-state index is 12.0. The van der Waals surface area contributed by atoms with Gasteiger partial charge in [0.1, 0.15) is 0 Å². The molecule has 2 nitrogen and oxygen atoms in total. The molecule has 0 aliphatic carbocycles. The SMILES string of the molecule is O=C(C(=O)C(C(F)(F)F)C(F)(F)F)C(C(F)(F)F)C(F)(F)F. The summed E-state index contributed by atoms with van der Waals surface area (Å²) in [6.45, 7) is 0. The lowest BCUT2D eigenvalue weighted by Crippen LogP contribution is -2.52. The first kappa shape index (κ1) is 20.5. The van der Waals surface area contributed by atoms with Crippen LogP contribution in [0.5, 0.6) is 0 Å². The third-order valence-electron chi connectivity index (χ3n) is 2.08. The molecule has 22 heavy (non-hydrogen) atoms. The molecular weight excluding hydrogens is 356 g/mol. The van der Waals surface area contributed by atoms with Crippen molar-refractivity contribution in [3.63, 3.8) is 0 Å². The van der Waals surface area contributed by atoms with E-state index in [1.54, 1.807) is 0 Å². The van der Waals surface area contributed by atoms with Crippen molar-refractivity contribution >= 4 is 11.6 Å². The molecule has 0 aliphatic heterocycles. The molecule has 0 aromatic heterocycles. The van der Waals surface area contributed by atoms with E-state index in [-0.39, 0.29) is 0 Å². The minimum absolute atomic E-state index is 3.89. The summed E-state index contributed by atoms with van der Waals surface area (Å²) in [7, 11) is 0. The molecule has 0 heterocycles. The van der Waals surface area contributed by atoms with E-state index in [1.165, 1.54) is 0 Å². The van der Waals surface area contributed by atoms with Crippen LogP contribution in [0.15, 0.2) is 0 Å². The van der Waals surface area contributed by atoms with Crippen LogP contribution in [0.3, 0.4) is 0 Å². The largest absolute Gasteiger partial charge is 0.407 e. The molecule has 0 saturated heterocycles. The number of Topliss-reactive ketones (excluding diaryl/α,β-unsaturated/α-hetero) is 2. The summed E-state index contributed by atoms with van der Waals surface area (Å²) in [5, 5.41) is 0. The van der Waals surface area contributed by atoms with Gasteiger partial charge in [-0.2, -0.15) is 52.7 Å². The van der Waals surface area contributed by atoms with Crippen LogP contribution < -0.4 is 0 Å². The number of rotatable bonds is 3. The fraction of sp³-hybridized carbons (Fsp3) is 0.750. The number of hydrogen-bond acceptors (Lipinski definition) is 2. The summed E-state index contributed by atoms with van der Waals surface area (Å²) in [5.41, 5.74) is 0. The zero-order valence-corrected chi connectivity index (χ0v) is 9.51. The second kappa shape index (κ2) is 5.61. The predicted octanol–water partition coefficient (Wildman–Crippen LogP) is 3.61. The van der Waals surface area contributed by atoms with Crippen molar-refractivity contribution in [1.82, 2.24) is 0 Å². The van der Waals surface area contributed by atoms with E-state index >= 15 is 0 Å². The summed E-state index contributed by atoms with van der Waals surface area (Å²) >= 11 is 0. The Morgan fingerprint density at radius 1 is 0.455 bits per heavy atom. The topological polar surface area (TPSA) is 34.1 Å². The number of hydrogen-bond donors (Lipinski definition) is 0. The lowest BCUT2D eigenvalue weighted by Gasteiger charge is -2.25. The van der Waals surface area contributed by atoms with Crippen molar-refractivity contribution in [2.45, 2.75) is 24.7 Å². The van der Waals surface area contributed by atoms with E-state index in [0.717, 1.165) is 0 Å². The van der Waals surface area contributed by atoms with Crippen molar-refractivity contribution in [3.8, 4) is 0 Å². The first-order chi connectivity index (χ1) is 9.31. The predicted molar refractivity (Wildman–Crippen MR) is 41.2 cm³/mol. The quantitative estimate of drug-likeness (QED) is 0.571. The molecule has 0 aliphatic rings. The Morgan fingerprint density at radius 2 is 0.591 bits per heavy atom. The number of carbonyl (C=O) groups is 2. The Morgan fingerprint density at radius 3 is 0.682 bits per heavy atom. The maximum absolute atomic E-state index is 12.0. The van der Waals surface area contributed by atoms with E-state index in [4.69, 9.17) is 0 Å². The van der Waals surface area contributed by atoms with Gasteiger partial charge in [-0.25, -0.2) is 0 Å². The van der Waals surface area contributed by atoms with Crippen molar-refractivity contribution < 1.29 is 62.3 Å². The Balaban J connectivity index is 5.91. The highest BCUT2D eigenvalue weighted by Gasteiger charge is 2.68. The van der Waals surface area contributed by atoms with Crippen LogP contribution in [-0.4, -0.2) is 36.3 Å². The van der Waals surface area contributed by atoms with Gasteiger partial charge in [0.05, 0.1) is 0 Å².